The Balaban J connectivity index is 2.53. The van der Waals surface area contributed by atoms with Crippen molar-refractivity contribution in [2.45, 2.75) is 6.92 Å². The summed E-state index contributed by atoms with van der Waals surface area (Å²) in [6.45, 7) is 2.17. The lowest BCUT2D eigenvalue weighted by Gasteiger charge is -2.01. The van der Waals surface area contributed by atoms with Gasteiger partial charge in [0, 0.05) is 5.39 Å². The largest absolute Gasteiger partial charge is 0.461 e. The first kappa shape index (κ1) is 10.2. The molecular formula is C11H10BrNO2. The average Bonchev–Trinajstić information content (AvgIpc) is 2.57. The van der Waals surface area contributed by atoms with Crippen molar-refractivity contribution in [1.29, 1.82) is 0 Å². The standard InChI is InChI=1S/C11H10BrNO2/c1-2-15-11(14)10-7-8-5-3-4-6-9(8)13(10)12/h3-7H,2H2,1H3. The number of carbonyl (C=O) groups is 1. The molecule has 4 heteroatoms. The highest BCUT2D eigenvalue weighted by molar-refractivity contribution is 9.08. The summed E-state index contributed by atoms with van der Waals surface area (Å²) in [7, 11) is 0. The second-order valence-corrected chi connectivity index (χ2v) is 3.80. The van der Waals surface area contributed by atoms with Crippen molar-refractivity contribution in [2.75, 3.05) is 6.61 Å². The Morgan fingerprint density at radius 2 is 2.20 bits per heavy atom. The lowest BCUT2D eigenvalue weighted by molar-refractivity contribution is 0.0519. The number of halogens is 1. The van der Waals surface area contributed by atoms with Crippen molar-refractivity contribution >= 4 is 33.0 Å². The van der Waals surface area contributed by atoms with Gasteiger partial charge >= 0.3 is 5.97 Å². The number of nitrogens with zero attached hydrogens (tertiary/aromatic N) is 1. The fraction of sp³-hybridized carbons (Fsp3) is 0.182. The van der Waals surface area contributed by atoms with Crippen molar-refractivity contribution in [1.82, 2.24) is 3.59 Å². The average molecular weight is 268 g/mol. The normalized spacial score (nSPS) is 10.5. The summed E-state index contributed by atoms with van der Waals surface area (Å²) in [6.07, 6.45) is 0. The Labute approximate surface area is 96.0 Å². The topological polar surface area (TPSA) is 31.2 Å². The molecule has 3 nitrogen and oxygen atoms in total. The summed E-state index contributed by atoms with van der Waals surface area (Å²) in [5.41, 5.74) is 1.47. The minimum atomic E-state index is -0.314. The summed E-state index contributed by atoms with van der Waals surface area (Å²) in [5.74, 6) is -0.314. The smallest absolute Gasteiger partial charge is 0.355 e. The number of fused-ring (bicyclic) bond motifs is 1. The van der Waals surface area contributed by atoms with Crippen LogP contribution in [0.2, 0.25) is 0 Å². The van der Waals surface area contributed by atoms with E-state index in [0.717, 1.165) is 10.9 Å². The maximum atomic E-state index is 11.6. The van der Waals surface area contributed by atoms with Gasteiger partial charge in [-0.3, -0.25) is 3.59 Å². The van der Waals surface area contributed by atoms with Gasteiger partial charge in [-0.15, -0.1) is 0 Å². The number of ether oxygens (including phenoxy) is 1. The lowest BCUT2D eigenvalue weighted by atomic mass is 10.2. The molecule has 0 atom stereocenters. The second-order valence-electron chi connectivity index (χ2n) is 3.09. The molecule has 0 fully saturated rings. The molecule has 2 aromatic rings. The zero-order valence-electron chi connectivity index (χ0n) is 8.24. The van der Waals surface area contributed by atoms with E-state index < -0.39 is 0 Å². The van der Waals surface area contributed by atoms with Gasteiger partial charge in [-0.25, -0.2) is 4.79 Å². The number of carbonyl (C=O) groups excluding carboxylic acids is 1. The first-order valence-electron chi connectivity index (χ1n) is 4.67. The Kier molecular flexibility index (Phi) is 2.77. The summed E-state index contributed by atoms with van der Waals surface area (Å²) >= 11 is 3.34. The third-order valence-corrected chi connectivity index (χ3v) is 2.90. The number of benzene rings is 1. The number of hydrogen-bond acceptors (Lipinski definition) is 2. The van der Waals surface area contributed by atoms with E-state index in [9.17, 15) is 4.79 Å². The first-order chi connectivity index (χ1) is 7.24. The molecule has 0 saturated heterocycles. The third kappa shape index (κ3) is 1.77. The van der Waals surface area contributed by atoms with E-state index in [4.69, 9.17) is 4.74 Å². The molecule has 2 rings (SSSR count). The van der Waals surface area contributed by atoms with Crippen LogP contribution >= 0.6 is 16.1 Å². The first-order valence-corrected chi connectivity index (χ1v) is 5.38. The van der Waals surface area contributed by atoms with Gasteiger partial charge in [0.05, 0.1) is 28.3 Å². The Morgan fingerprint density at radius 3 is 2.87 bits per heavy atom. The monoisotopic (exact) mass is 267 g/mol. The van der Waals surface area contributed by atoms with Gasteiger partial charge in [-0.2, -0.15) is 0 Å². The quantitative estimate of drug-likeness (QED) is 0.784. The number of para-hydroxylation sites is 1. The molecule has 0 unspecified atom stereocenters. The molecule has 1 aromatic carbocycles. The van der Waals surface area contributed by atoms with E-state index in [2.05, 4.69) is 16.1 Å². The predicted octanol–water partition coefficient (Wildman–Crippen LogP) is 2.98. The van der Waals surface area contributed by atoms with Gasteiger partial charge in [0.1, 0.15) is 5.69 Å². The third-order valence-electron chi connectivity index (χ3n) is 2.14. The molecule has 15 heavy (non-hydrogen) atoms. The highest BCUT2D eigenvalue weighted by Gasteiger charge is 2.14. The molecule has 0 bridgehead atoms. The van der Waals surface area contributed by atoms with Crippen LogP contribution in [0.1, 0.15) is 17.4 Å². The maximum absolute atomic E-state index is 11.6. The van der Waals surface area contributed by atoms with Crippen molar-refractivity contribution < 1.29 is 9.53 Å². The van der Waals surface area contributed by atoms with E-state index in [1.165, 1.54) is 0 Å². The maximum Gasteiger partial charge on any atom is 0.355 e. The Hall–Kier alpha value is -1.29. The summed E-state index contributed by atoms with van der Waals surface area (Å²) in [4.78, 5) is 11.6. The van der Waals surface area contributed by atoms with Crippen molar-refractivity contribution in [3.63, 3.8) is 0 Å². The lowest BCUT2D eigenvalue weighted by Crippen LogP contribution is -2.07. The van der Waals surface area contributed by atoms with Crippen molar-refractivity contribution in [3.8, 4) is 0 Å². The number of rotatable bonds is 2. The van der Waals surface area contributed by atoms with Gasteiger partial charge in [0.25, 0.3) is 0 Å². The van der Waals surface area contributed by atoms with Crippen LogP contribution in [-0.4, -0.2) is 16.2 Å². The number of esters is 1. The molecule has 0 N–H and O–H groups in total. The summed E-state index contributed by atoms with van der Waals surface area (Å²) in [5, 5.41) is 1.01. The van der Waals surface area contributed by atoms with Gasteiger partial charge < -0.3 is 4.74 Å². The van der Waals surface area contributed by atoms with E-state index in [0.29, 0.717) is 12.3 Å². The SMILES string of the molecule is CCOC(=O)c1cc2ccccc2n1Br. The number of aromatic nitrogens is 1. The van der Waals surface area contributed by atoms with Crippen LogP contribution in [0.5, 0.6) is 0 Å². The fourth-order valence-corrected chi connectivity index (χ4v) is 2.04. The van der Waals surface area contributed by atoms with Crippen LogP contribution in [-0.2, 0) is 4.74 Å². The second kappa shape index (κ2) is 4.06. The van der Waals surface area contributed by atoms with Gasteiger partial charge in [-0.05, 0) is 19.1 Å². The predicted molar refractivity (Wildman–Crippen MR) is 62.2 cm³/mol. The zero-order chi connectivity index (χ0) is 10.8. The highest BCUT2D eigenvalue weighted by Crippen LogP contribution is 2.22. The van der Waals surface area contributed by atoms with Crippen molar-refractivity contribution in [3.05, 3.63) is 36.0 Å². The molecule has 0 saturated carbocycles. The molecule has 0 radical (unpaired) electrons. The summed E-state index contributed by atoms with van der Waals surface area (Å²) in [6, 6.07) is 9.56. The fourth-order valence-electron chi connectivity index (χ4n) is 1.47. The minimum Gasteiger partial charge on any atom is -0.461 e. The van der Waals surface area contributed by atoms with E-state index >= 15 is 0 Å². The zero-order valence-corrected chi connectivity index (χ0v) is 9.82. The molecular weight excluding hydrogens is 258 g/mol. The molecule has 0 aliphatic carbocycles. The molecule has 0 spiro atoms. The highest BCUT2D eigenvalue weighted by atomic mass is 79.9. The molecule has 0 amide bonds. The molecule has 1 aromatic heterocycles. The van der Waals surface area contributed by atoms with E-state index in [1.807, 2.05) is 30.3 Å². The minimum absolute atomic E-state index is 0.314. The van der Waals surface area contributed by atoms with Crippen LogP contribution in [0.15, 0.2) is 30.3 Å². The van der Waals surface area contributed by atoms with Crippen LogP contribution in [0.25, 0.3) is 10.9 Å². The molecule has 1 heterocycles. The number of hydrogen-bond donors (Lipinski definition) is 0. The van der Waals surface area contributed by atoms with Crippen molar-refractivity contribution in [2.24, 2.45) is 0 Å². The molecule has 0 aliphatic rings. The van der Waals surface area contributed by atoms with E-state index in [1.54, 1.807) is 10.5 Å². The van der Waals surface area contributed by atoms with Gasteiger partial charge in [0.2, 0.25) is 0 Å². The Bertz CT molecular complexity index is 504. The van der Waals surface area contributed by atoms with E-state index in [-0.39, 0.29) is 5.97 Å². The van der Waals surface area contributed by atoms with Gasteiger partial charge in [-0.1, -0.05) is 18.2 Å². The van der Waals surface area contributed by atoms with Crippen LogP contribution in [0.3, 0.4) is 0 Å². The van der Waals surface area contributed by atoms with Crippen LogP contribution < -0.4 is 0 Å². The van der Waals surface area contributed by atoms with Gasteiger partial charge in [0.15, 0.2) is 0 Å². The summed E-state index contributed by atoms with van der Waals surface area (Å²) < 4.78 is 6.62. The van der Waals surface area contributed by atoms with Crippen LogP contribution in [0, 0.1) is 0 Å². The molecule has 0 aliphatic heterocycles. The Morgan fingerprint density at radius 1 is 1.47 bits per heavy atom. The van der Waals surface area contributed by atoms with Crippen LogP contribution in [0.4, 0.5) is 0 Å². The molecule has 78 valence electrons.